The minimum Gasteiger partial charge on any atom is -0.466 e. The van der Waals surface area contributed by atoms with Gasteiger partial charge < -0.3 is 19.9 Å². The van der Waals surface area contributed by atoms with E-state index in [9.17, 15) is 18.7 Å². The van der Waals surface area contributed by atoms with E-state index in [1.165, 1.54) is 23.3 Å². The average Bonchev–Trinajstić information content (AvgIpc) is 3.27. The summed E-state index contributed by atoms with van der Waals surface area (Å²) in [4.78, 5) is 11.5. The Hall–Kier alpha value is -2.35. The zero-order valence-corrected chi connectivity index (χ0v) is 23.2. The van der Waals surface area contributed by atoms with E-state index < -0.39 is 23.8 Å². The van der Waals surface area contributed by atoms with Crippen molar-refractivity contribution >= 4 is 5.97 Å². The first-order chi connectivity index (χ1) is 18.1. The summed E-state index contributed by atoms with van der Waals surface area (Å²) in [6.07, 6.45) is 3.93. The normalized spacial score (nSPS) is 15.3. The number of aryl methyl sites for hydroxylation is 1. The molecule has 0 unspecified atom stereocenters. The number of aliphatic hydroxyl groups is 1. The minimum atomic E-state index is -0.927. The highest BCUT2D eigenvalue weighted by Gasteiger charge is 2.28. The number of carbonyl (C=O) groups excluding carboxylic acids is 1. The molecule has 0 amide bonds. The highest BCUT2D eigenvalue weighted by atomic mass is 19.2. The number of fused-ring (bicyclic) bond motifs is 1. The summed E-state index contributed by atoms with van der Waals surface area (Å²) in [5.74, 6) is -1.51. The molecule has 2 aromatic carbocycles. The number of halogens is 2. The predicted molar refractivity (Wildman–Crippen MR) is 145 cm³/mol. The van der Waals surface area contributed by atoms with Crippen LogP contribution in [0.5, 0.6) is 0 Å². The van der Waals surface area contributed by atoms with Gasteiger partial charge >= 0.3 is 5.97 Å². The van der Waals surface area contributed by atoms with Crippen molar-refractivity contribution < 1.29 is 28.2 Å². The van der Waals surface area contributed by atoms with Crippen molar-refractivity contribution in [2.75, 3.05) is 19.8 Å². The summed E-state index contributed by atoms with van der Waals surface area (Å²) in [6.45, 7) is 8.63. The number of hydrogen-bond acceptors (Lipinski definition) is 5. The van der Waals surface area contributed by atoms with Gasteiger partial charge in [-0.15, -0.1) is 0 Å². The molecule has 38 heavy (non-hydrogen) atoms. The molecule has 5 nitrogen and oxygen atoms in total. The maximum Gasteiger partial charge on any atom is 0.305 e. The highest BCUT2D eigenvalue weighted by molar-refractivity contribution is 5.69. The molecule has 0 saturated carbocycles. The Labute approximate surface area is 225 Å². The smallest absolute Gasteiger partial charge is 0.305 e. The SMILES string of the molecule is CCOC(=O)CCCCc1cc(F)c(F)cc1[C@@H](C)OC[C@H](O)CNC(C)(C)CC1Cc2ccccc2C1. The number of rotatable bonds is 15. The number of aliphatic hydroxyl groups excluding tert-OH is 1. The van der Waals surface area contributed by atoms with Crippen molar-refractivity contribution in [2.45, 2.75) is 90.4 Å². The van der Waals surface area contributed by atoms with Gasteiger partial charge in [-0.2, -0.15) is 0 Å². The van der Waals surface area contributed by atoms with Crippen LogP contribution in [0.2, 0.25) is 0 Å². The third-order valence-electron chi connectivity index (χ3n) is 7.29. The first kappa shape index (κ1) is 30.2. The Morgan fingerprint density at radius 3 is 2.45 bits per heavy atom. The van der Waals surface area contributed by atoms with E-state index in [0.29, 0.717) is 55.9 Å². The van der Waals surface area contributed by atoms with Crippen LogP contribution >= 0.6 is 0 Å². The molecule has 0 aromatic heterocycles. The van der Waals surface area contributed by atoms with E-state index in [0.717, 1.165) is 19.3 Å². The van der Waals surface area contributed by atoms with Crippen LogP contribution in [0.25, 0.3) is 0 Å². The Morgan fingerprint density at radius 2 is 1.79 bits per heavy atom. The second-order valence-corrected chi connectivity index (χ2v) is 11.1. The molecule has 7 heteroatoms. The zero-order valence-electron chi connectivity index (χ0n) is 23.2. The first-order valence-electron chi connectivity index (χ1n) is 13.8. The third-order valence-corrected chi connectivity index (χ3v) is 7.29. The Morgan fingerprint density at radius 1 is 1.13 bits per heavy atom. The number of carbonyl (C=O) groups is 1. The van der Waals surface area contributed by atoms with Crippen LogP contribution in [-0.4, -0.2) is 42.5 Å². The molecular formula is C31H43F2NO4. The number of nitrogens with one attached hydrogen (secondary N) is 1. The number of ether oxygens (including phenoxy) is 2. The van der Waals surface area contributed by atoms with Gasteiger partial charge in [-0.3, -0.25) is 4.79 Å². The summed E-state index contributed by atoms with van der Waals surface area (Å²) >= 11 is 0. The number of benzene rings is 2. The predicted octanol–water partition coefficient (Wildman–Crippen LogP) is 5.85. The molecule has 210 valence electrons. The van der Waals surface area contributed by atoms with E-state index in [-0.39, 0.29) is 18.1 Å². The second kappa shape index (κ2) is 14.2. The standard InChI is InChI=1S/C31H43F2NO4/c1-5-37-30(36)13-9-8-12-25-16-28(32)29(33)17-27(25)21(2)38-20-26(35)19-34-31(3,4)18-22-14-23-10-6-7-11-24(23)15-22/h6-7,10-11,16-17,21-22,26,34-35H,5,8-9,12-15,18-20H2,1-4H3/t21-,26-/m1/s1. The van der Waals surface area contributed by atoms with Gasteiger partial charge in [0.1, 0.15) is 0 Å². The molecule has 0 spiro atoms. The summed E-state index contributed by atoms with van der Waals surface area (Å²) in [7, 11) is 0. The van der Waals surface area contributed by atoms with E-state index in [1.807, 2.05) is 0 Å². The lowest BCUT2D eigenvalue weighted by Crippen LogP contribution is -2.45. The van der Waals surface area contributed by atoms with Gasteiger partial charge in [0.2, 0.25) is 0 Å². The Kier molecular flexibility index (Phi) is 11.2. The lowest BCUT2D eigenvalue weighted by Gasteiger charge is -2.31. The molecule has 0 bridgehead atoms. The molecule has 0 heterocycles. The third kappa shape index (κ3) is 9.14. The average molecular weight is 532 g/mol. The summed E-state index contributed by atoms with van der Waals surface area (Å²) in [6, 6.07) is 11.0. The molecule has 0 radical (unpaired) electrons. The van der Waals surface area contributed by atoms with Gasteiger partial charge in [0, 0.05) is 18.5 Å². The van der Waals surface area contributed by atoms with E-state index in [1.54, 1.807) is 13.8 Å². The summed E-state index contributed by atoms with van der Waals surface area (Å²) in [5, 5.41) is 14.1. The molecule has 0 aliphatic heterocycles. The largest absolute Gasteiger partial charge is 0.466 e. The van der Waals surface area contributed by atoms with Crippen molar-refractivity contribution in [3.63, 3.8) is 0 Å². The maximum absolute atomic E-state index is 14.1. The number of unbranched alkanes of at least 4 members (excludes halogenated alkanes) is 1. The van der Waals surface area contributed by atoms with Crippen LogP contribution in [0.15, 0.2) is 36.4 Å². The van der Waals surface area contributed by atoms with Crippen molar-refractivity contribution in [1.29, 1.82) is 0 Å². The molecule has 0 fully saturated rings. The van der Waals surface area contributed by atoms with Crippen molar-refractivity contribution in [1.82, 2.24) is 5.32 Å². The van der Waals surface area contributed by atoms with Gasteiger partial charge in [0.25, 0.3) is 0 Å². The second-order valence-electron chi connectivity index (χ2n) is 11.1. The number of hydrogen-bond donors (Lipinski definition) is 2. The molecule has 0 saturated heterocycles. The minimum absolute atomic E-state index is 0.0699. The van der Waals surface area contributed by atoms with Crippen LogP contribution in [0, 0.1) is 17.6 Å². The van der Waals surface area contributed by atoms with Gasteiger partial charge in [0.05, 0.1) is 25.4 Å². The molecule has 1 aliphatic carbocycles. The van der Waals surface area contributed by atoms with Crippen LogP contribution in [0.3, 0.4) is 0 Å². The lowest BCUT2D eigenvalue weighted by atomic mass is 9.88. The molecule has 3 rings (SSSR count). The van der Waals surface area contributed by atoms with Gasteiger partial charge in [-0.1, -0.05) is 24.3 Å². The monoisotopic (exact) mass is 531 g/mol. The van der Waals surface area contributed by atoms with Crippen molar-refractivity contribution in [2.24, 2.45) is 5.92 Å². The van der Waals surface area contributed by atoms with Crippen LogP contribution < -0.4 is 5.32 Å². The van der Waals surface area contributed by atoms with E-state index in [2.05, 4.69) is 43.4 Å². The quantitative estimate of drug-likeness (QED) is 0.223. The van der Waals surface area contributed by atoms with Crippen LogP contribution in [0.4, 0.5) is 8.78 Å². The van der Waals surface area contributed by atoms with Crippen LogP contribution in [0.1, 0.15) is 81.7 Å². The zero-order chi connectivity index (χ0) is 27.7. The summed E-state index contributed by atoms with van der Waals surface area (Å²) in [5.41, 5.74) is 3.93. The fourth-order valence-electron chi connectivity index (χ4n) is 5.40. The van der Waals surface area contributed by atoms with Gasteiger partial charge in [-0.05, 0) is 107 Å². The molecule has 2 N–H and O–H groups in total. The lowest BCUT2D eigenvalue weighted by molar-refractivity contribution is -0.143. The fourth-order valence-corrected chi connectivity index (χ4v) is 5.40. The van der Waals surface area contributed by atoms with Gasteiger partial charge in [-0.25, -0.2) is 8.78 Å². The first-order valence-corrected chi connectivity index (χ1v) is 13.8. The topological polar surface area (TPSA) is 67.8 Å². The van der Waals surface area contributed by atoms with Crippen molar-refractivity contribution in [3.05, 3.63) is 70.3 Å². The Balaban J connectivity index is 1.46. The van der Waals surface area contributed by atoms with Crippen LogP contribution in [-0.2, 0) is 33.5 Å². The van der Waals surface area contributed by atoms with Gasteiger partial charge in [0.15, 0.2) is 11.6 Å². The number of esters is 1. The molecule has 2 aromatic rings. The van der Waals surface area contributed by atoms with E-state index in [4.69, 9.17) is 9.47 Å². The summed E-state index contributed by atoms with van der Waals surface area (Å²) < 4.78 is 38.8. The fraction of sp³-hybridized carbons (Fsp3) is 0.581. The Bertz CT molecular complexity index is 1030. The molecule has 2 atom stereocenters. The van der Waals surface area contributed by atoms with Crippen molar-refractivity contribution in [3.8, 4) is 0 Å². The molecule has 1 aliphatic rings. The molecular weight excluding hydrogens is 488 g/mol. The number of β-amino-alcohol motifs (C(OH)–C–C–N with tert-alkyl or cyclic N) is 1. The van der Waals surface area contributed by atoms with E-state index >= 15 is 0 Å². The maximum atomic E-state index is 14.1. The highest BCUT2D eigenvalue weighted by Crippen LogP contribution is 2.32.